The predicted molar refractivity (Wildman–Crippen MR) is 374 cm³/mol. The Morgan fingerprint density at radius 2 is 0.681 bits per heavy atom. The van der Waals surface area contributed by atoms with Gasteiger partial charge in [0.05, 0.1) is 32.0 Å². The van der Waals surface area contributed by atoms with E-state index in [1.54, 1.807) is 6.08 Å². The number of carbonyl (C=O) groups is 1. The molecule has 0 aromatic rings. The van der Waals surface area contributed by atoms with E-state index in [2.05, 4.69) is 19.2 Å². The molecule has 2 fully saturated rings. The number of hydrogen-bond donors (Lipinski definition) is 9. The van der Waals surface area contributed by atoms with Crippen LogP contribution in [0.4, 0.5) is 0 Å². The van der Waals surface area contributed by atoms with Gasteiger partial charge in [-0.15, -0.1) is 0 Å². The topological polar surface area (TPSA) is 228 Å². The van der Waals surface area contributed by atoms with Crippen LogP contribution in [0.15, 0.2) is 12.2 Å². The van der Waals surface area contributed by atoms with Crippen LogP contribution in [0.2, 0.25) is 0 Å². The third-order valence-corrected chi connectivity index (χ3v) is 19.7. The molecule has 2 saturated heterocycles. The van der Waals surface area contributed by atoms with Gasteiger partial charge in [-0.1, -0.05) is 366 Å². The van der Waals surface area contributed by atoms with Gasteiger partial charge >= 0.3 is 0 Å². The van der Waals surface area contributed by atoms with Crippen molar-refractivity contribution in [3.05, 3.63) is 12.2 Å². The van der Waals surface area contributed by atoms with Crippen molar-refractivity contribution in [3.63, 3.8) is 0 Å². The number of unbranched alkanes of at least 4 members (excludes halogenated alkanes) is 54. The molecule has 91 heavy (non-hydrogen) atoms. The summed E-state index contributed by atoms with van der Waals surface area (Å²) in [7, 11) is 0. The second-order valence-electron chi connectivity index (χ2n) is 28.2. The first-order valence-electron chi connectivity index (χ1n) is 39.4. The van der Waals surface area contributed by atoms with Crippen molar-refractivity contribution in [1.29, 1.82) is 0 Å². The second-order valence-corrected chi connectivity index (χ2v) is 28.2. The smallest absolute Gasteiger partial charge is 0.220 e. The third kappa shape index (κ3) is 45.8. The number of carbonyl (C=O) groups excluding carboxylic acids is 1. The summed E-state index contributed by atoms with van der Waals surface area (Å²) in [5.41, 5.74) is 0. The molecule has 1 amide bonds. The standard InChI is InChI=1S/C77H149NO13/c1-3-5-7-9-11-13-15-17-19-21-23-25-27-29-31-32-33-34-35-37-39-41-43-45-47-49-51-53-55-57-59-61-69(82)78-65(64-88-76-74(87)72(85)75(68(63-80)90-76)91-77-73(86)71(84)70(83)67(62-79)89-77)66(81)60-58-56-54-52-50-48-46-44-42-40-38-36-30-28-26-24-22-20-18-16-14-12-10-8-6-4-2/h58,60,65-68,70-77,79-81,83-87H,3-57,59,61-64H2,1-2H3,(H,78,82)/b60-58+. The number of rotatable bonds is 67. The van der Waals surface area contributed by atoms with E-state index in [1.807, 2.05) is 6.08 Å². The van der Waals surface area contributed by atoms with Gasteiger partial charge in [-0.2, -0.15) is 0 Å². The lowest BCUT2D eigenvalue weighted by atomic mass is 9.97. The predicted octanol–water partition coefficient (Wildman–Crippen LogP) is 17.3. The SMILES string of the molecule is CCCCCCCCCCCCCCCCCCCCCCCCCC/C=C/C(O)C(COC1OC(CO)C(OC2OC(CO)C(O)C(O)C2O)C(O)C1O)NC(=O)CCCCCCCCCCCCCCCCCCCCCCCCCCCCCCCCC. The molecule has 14 nitrogen and oxygen atoms in total. The van der Waals surface area contributed by atoms with Crippen molar-refractivity contribution < 1.29 is 64.6 Å². The Balaban J connectivity index is 1.62. The number of hydrogen-bond acceptors (Lipinski definition) is 13. The number of amides is 1. The molecule has 2 aliphatic heterocycles. The van der Waals surface area contributed by atoms with Gasteiger partial charge in [0.25, 0.3) is 0 Å². The Bertz CT molecular complexity index is 1570. The van der Waals surface area contributed by atoms with Crippen molar-refractivity contribution >= 4 is 5.91 Å². The maximum Gasteiger partial charge on any atom is 0.220 e. The largest absolute Gasteiger partial charge is 0.394 e. The van der Waals surface area contributed by atoms with Crippen LogP contribution in [0.3, 0.4) is 0 Å². The van der Waals surface area contributed by atoms with Crippen LogP contribution in [-0.4, -0.2) is 140 Å². The van der Waals surface area contributed by atoms with Crippen molar-refractivity contribution in [1.82, 2.24) is 5.32 Å². The number of allylic oxidation sites excluding steroid dienone is 1. The molecule has 12 unspecified atom stereocenters. The molecule has 0 radical (unpaired) electrons. The van der Waals surface area contributed by atoms with Gasteiger partial charge in [-0.3, -0.25) is 4.79 Å². The number of nitrogens with one attached hydrogen (secondary N) is 1. The van der Waals surface area contributed by atoms with Crippen molar-refractivity contribution in [3.8, 4) is 0 Å². The van der Waals surface area contributed by atoms with Crippen molar-refractivity contribution in [2.24, 2.45) is 0 Å². The third-order valence-electron chi connectivity index (χ3n) is 19.7. The summed E-state index contributed by atoms with van der Waals surface area (Å²) in [6.07, 6.45) is 61.5. The van der Waals surface area contributed by atoms with E-state index in [0.717, 1.165) is 44.9 Å². The number of aliphatic hydroxyl groups is 8. The summed E-state index contributed by atoms with van der Waals surface area (Å²) in [5.74, 6) is -0.229. The van der Waals surface area contributed by atoms with E-state index in [1.165, 1.54) is 315 Å². The zero-order chi connectivity index (χ0) is 65.9. The van der Waals surface area contributed by atoms with Crippen molar-refractivity contribution in [2.45, 2.75) is 453 Å². The first-order valence-corrected chi connectivity index (χ1v) is 39.4. The van der Waals surface area contributed by atoms with Crippen molar-refractivity contribution in [2.75, 3.05) is 19.8 Å². The number of ether oxygens (including phenoxy) is 4. The Morgan fingerprint density at radius 1 is 0.385 bits per heavy atom. The van der Waals surface area contributed by atoms with Crippen LogP contribution in [0, 0.1) is 0 Å². The summed E-state index contributed by atoms with van der Waals surface area (Å²) >= 11 is 0. The molecular weight excluding hydrogens is 1150 g/mol. The fraction of sp³-hybridized carbons (Fsp3) is 0.961. The Hall–Kier alpha value is -1.27. The van der Waals surface area contributed by atoms with Gasteiger partial charge in [-0.05, 0) is 19.3 Å². The molecular formula is C77H149NO13. The molecule has 2 aliphatic rings. The minimum atomic E-state index is -1.79. The molecule has 12 atom stereocenters. The maximum atomic E-state index is 13.4. The van der Waals surface area contributed by atoms with E-state index in [-0.39, 0.29) is 18.9 Å². The van der Waals surface area contributed by atoms with Gasteiger partial charge < -0.3 is 65.1 Å². The van der Waals surface area contributed by atoms with E-state index in [4.69, 9.17) is 18.9 Å². The normalized spacial score (nSPS) is 22.7. The van der Waals surface area contributed by atoms with E-state index < -0.39 is 86.8 Å². The first kappa shape index (κ1) is 85.8. The molecule has 0 aromatic heterocycles. The van der Waals surface area contributed by atoms with Crippen LogP contribution in [0.1, 0.15) is 380 Å². The Kier molecular flexibility index (Phi) is 58.7. The molecule has 0 saturated carbocycles. The molecule has 0 bridgehead atoms. The van der Waals surface area contributed by atoms with Crippen LogP contribution in [-0.2, 0) is 23.7 Å². The quantitative estimate of drug-likeness (QED) is 0.0204. The molecule has 9 N–H and O–H groups in total. The molecule has 540 valence electrons. The minimum absolute atomic E-state index is 0.229. The fourth-order valence-corrected chi connectivity index (χ4v) is 13.5. The van der Waals surface area contributed by atoms with E-state index in [0.29, 0.717) is 0 Å². The lowest BCUT2D eigenvalue weighted by molar-refractivity contribution is -0.359. The highest BCUT2D eigenvalue weighted by Gasteiger charge is 2.51. The van der Waals surface area contributed by atoms with Gasteiger partial charge in [0, 0.05) is 6.42 Å². The highest BCUT2D eigenvalue weighted by Crippen LogP contribution is 2.30. The summed E-state index contributed by atoms with van der Waals surface area (Å²) in [6, 6.07) is -0.912. The molecule has 0 aromatic carbocycles. The maximum absolute atomic E-state index is 13.4. The molecule has 0 spiro atoms. The first-order chi connectivity index (χ1) is 44.6. The lowest BCUT2D eigenvalue weighted by Gasteiger charge is -2.46. The summed E-state index contributed by atoms with van der Waals surface area (Å²) in [4.78, 5) is 13.4. The molecule has 2 heterocycles. The zero-order valence-corrected chi connectivity index (χ0v) is 59.1. The number of aliphatic hydroxyl groups excluding tert-OH is 8. The summed E-state index contributed by atoms with van der Waals surface area (Å²) < 4.78 is 22.9. The average Bonchev–Trinajstić information content (AvgIpc) is 0.888. The zero-order valence-electron chi connectivity index (χ0n) is 59.1. The van der Waals surface area contributed by atoms with Gasteiger partial charge in [-0.25, -0.2) is 0 Å². The van der Waals surface area contributed by atoms with E-state index >= 15 is 0 Å². The molecule has 0 aliphatic carbocycles. The van der Waals surface area contributed by atoms with Crippen LogP contribution >= 0.6 is 0 Å². The van der Waals surface area contributed by atoms with Crippen LogP contribution < -0.4 is 5.32 Å². The van der Waals surface area contributed by atoms with E-state index in [9.17, 15) is 45.6 Å². The highest BCUT2D eigenvalue weighted by molar-refractivity contribution is 5.76. The van der Waals surface area contributed by atoms with Crippen LogP contribution in [0.25, 0.3) is 0 Å². The minimum Gasteiger partial charge on any atom is -0.394 e. The monoisotopic (exact) mass is 1300 g/mol. The van der Waals surface area contributed by atoms with Crippen LogP contribution in [0.5, 0.6) is 0 Å². The van der Waals surface area contributed by atoms with Gasteiger partial charge in [0.2, 0.25) is 5.91 Å². The van der Waals surface area contributed by atoms with Gasteiger partial charge in [0.15, 0.2) is 12.6 Å². The highest BCUT2D eigenvalue weighted by atomic mass is 16.7. The second kappa shape index (κ2) is 62.3. The average molecular weight is 1300 g/mol. The Morgan fingerprint density at radius 3 is 1.01 bits per heavy atom. The fourth-order valence-electron chi connectivity index (χ4n) is 13.5. The molecule has 14 heteroatoms. The Labute approximate surface area is 558 Å². The molecule has 2 rings (SSSR count). The summed E-state index contributed by atoms with van der Waals surface area (Å²) in [6.45, 7) is 2.88. The van der Waals surface area contributed by atoms with Gasteiger partial charge in [0.1, 0.15) is 48.8 Å². The summed E-state index contributed by atoms with van der Waals surface area (Å²) in [5, 5.41) is 87.6. The lowest BCUT2D eigenvalue weighted by Crippen LogP contribution is -2.65.